The highest BCUT2D eigenvalue weighted by atomic mass is 79.9. The van der Waals surface area contributed by atoms with E-state index >= 15 is 0 Å². The predicted octanol–water partition coefficient (Wildman–Crippen LogP) is 1.23. The van der Waals surface area contributed by atoms with Gasteiger partial charge in [0.15, 0.2) is 6.34 Å². The highest BCUT2D eigenvalue weighted by Crippen LogP contribution is 2.15. The van der Waals surface area contributed by atoms with E-state index in [0.717, 1.165) is 17.6 Å². The second kappa shape index (κ2) is 13.5. The summed E-state index contributed by atoms with van der Waals surface area (Å²) in [6, 6.07) is 0. The molecule has 0 aromatic heterocycles. The fourth-order valence-electron chi connectivity index (χ4n) is 2.84. The number of nitrogens with zero attached hydrogens (tertiary/aromatic N) is 2. The van der Waals surface area contributed by atoms with Gasteiger partial charge in [0.1, 0.15) is 12.7 Å². The van der Waals surface area contributed by atoms with E-state index in [-0.39, 0.29) is 23.6 Å². The van der Waals surface area contributed by atoms with Crippen molar-refractivity contribution in [3.05, 3.63) is 12.4 Å². The molecule has 124 valence electrons. The van der Waals surface area contributed by atoms with Crippen LogP contribution in [0, 0.1) is 0 Å². The smallest absolute Gasteiger partial charge is 0.194 e. The summed E-state index contributed by atoms with van der Waals surface area (Å²) in [4.78, 5) is 4.17. The molecule has 0 saturated carbocycles. The maximum Gasteiger partial charge on any atom is 0.194 e. The summed E-state index contributed by atoms with van der Waals surface area (Å²) in [7, 11) is 0. The van der Waals surface area contributed by atoms with Gasteiger partial charge >= 0.3 is 0 Å². The first-order chi connectivity index (χ1) is 9.83. The van der Waals surface area contributed by atoms with Gasteiger partial charge < -0.3 is 22.1 Å². The van der Waals surface area contributed by atoms with Crippen molar-refractivity contribution in [3.63, 3.8) is 0 Å². The lowest BCUT2D eigenvalue weighted by Crippen LogP contribution is -3.00. The second-order valence-electron chi connectivity index (χ2n) is 6.02. The molecule has 0 spiro atoms. The van der Waals surface area contributed by atoms with Crippen LogP contribution in [0.25, 0.3) is 0 Å². The van der Waals surface area contributed by atoms with E-state index in [9.17, 15) is 0 Å². The molecule has 0 saturated heterocycles. The van der Waals surface area contributed by atoms with Crippen LogP contribution in [-0.2, 0) is 0 Å². The number of aliphatic hydroxyl groups is 1. The molecule has 1 aliphatic rings. The van der Waals surface area contributed by atoms with E-state index in [1.807, 2.05) is 12.5 Å². The van der Waals surface area contributed by atoms with Crippen molar-refractivity contribution < 1.29 is 26.6 Å². The van der Waals surface area contributed by atoms with Gasteiger partial charge in [-0.2, -0.15) is 0 Å². The Balaban J connectivity index is 0.00000400. The molecular formula is C17H33BrN2O. The van der Waals surface area contributed by atoms with Gasteiger partial charge in [-0.15, -0.1) is 0 Å². The normalized spacial score (nSPS) is 19.9. The number of aliphatic imine (C=N–C) groups is 1. The van der Waals surface area contributed by atoms with E-state index < -0.39 is 0 Å². The Morgan fingerprint density at radius 1 is 0.857 bits per heavy atom. The summed E-state index contributed by atoms with van der Waals surface area (Å²) in [5.74, 6) is 0. The quantitative estimate of drug-likeness (QED) is 0.389. The van der Waals surface area contributed by atoms with Gasteiger partial charge in [0.25, 0.3) is 0 Å². The highest BCUT2D eigenvalue weighted by Gasteiger charge is 2.24. The number of hydrogen-bond donors (Lipinski definition) is 1. The summed E-state index contributed by atoms with van der Waals surface area (Å²) < 4.78 is 0.744. The van der Waals surface area contributed by atoms with Crippen molar-refractivity contribution in [2.24, 2.45) is 4.99 Å². The topological polar surface area (TPSA) is 32.6 Å². The van der Waals surface area contributed by atoms with Gasteiger partial charge in [-0.25, -0.2) is 4.99 Å². The third kappa shape index (κ3) is 9.43. The van der Waals surface area contributed by atoms with Crippen LogP contribution < -0.4 is 17.0 Å². The monoisotopic (exact) mass is 360 g/mol. The van der Waals surface area contributed by atoms with E-state index in [2.05, 4.69) is 18.1 Å². The highest BCUT2D eigenvalue weighted by molar-refractivity contribution is 5.50. The standard InChI is InChI=1S/C17H33N2O.BrH/c1-2-3-4-5-6-7-8-9-10-11-13-19(15-16-20)14-12-18-17-19;/h12,14,17,20H,2-11,13,15-16H2,1H3;1H/q+1;/p-1. The SMILES string of the molecule is CCCCCCCCCCCC[N+]1(CCO)C=CN=C1.[Br-]. The van der Waals surface area contributed by atoms with Crippen LogP contribution >= 0.6 is 0 Å². The summed E-state index contributed by atoms with van der Waals surface area (Å²) in [5, 5.41) is 9.14. The van der Waals surface area contributed by atoms with Crippen molar-refractivity contribution in [3.8, 4) is 0 Å². The van der Waals surface area contributed by atoms with Crippen LogP contribution in [-0.4, -0.2) is 35.6 Å². The largest absolute Gasteiger partial charge is 1.00 e. The van der Waals surface area contributed by atoms with Gasteiger partial charge in [0, 0.05) is 0 Å². The molecule has 1 heterocycles. The molecule has 1 unspecified atom stereocenters. The molecule has 0 amide bonds. The van der Waals surface area contributed by atoms with Gasteiger partial charge in [0.05, 0.1) is 19.4 Å². The van der Waals surface area contributed by atoms with Crippen LogP contribution in [0.5, 0.6) is 0 Å². The van der Waals surface area contributed by atoms with E-state index in [4.69, 9.17) is 5.11 Å². The maximum atomic E-state index is 9.14. The number of aliphatic hydroxyl groups excluding tert-OH is 1. The van der Waals surface area contributed by atoms with Crippen molar-refractivity contribution >= 4 is 6.34 Å². The fraction of sp³-hybridized carbons (Fsp3) is 0.824. The Morgan fingerprint density at radius 2 is 1.43 bits per heavy atom. The second-order valence-corrected chi connectivity index (χ2v) is 6.02. The zero-order chi connectivity index (χ0) is 14.5. The molecule has 3 nitrogen and oxygen atoms in total. The molecule has 21 heavy (non-hydrogen) atoms. The molecule has 4 heteroatoms. The third-order valence-corrected chi connectivity index (χ3v) is 4.19. The lowest BCUT2D eigenvalue weighted by molar-refractivity contribution is -0.780. The zero-order valence-corrected chi connectivity index (χ0v) is 15.2. The summed E-state index contributed by atoms with van der Waals surface area (Å²) >= 11 is 0. The first-order valence-electron chi connectivity index (χ1n) is 8.52. The molecule has 0 fully saturated rings. The van der Waals surface area contributed by atoms with Crippen LogP contribution in [0.4, 0.5) is 0 Å². The lowest BCUT2D eigenvalue weighted by Gasteiger charge is -2.26. The van der Waals surface area contributed by atoms with E-state index in [1.165, 1.54) is 64.2 Å². The Kier molecular flexibility index (Phi) is 13.3. The Hall–Kier alpha value is -0.190. The molecule has 0 aromatic rings. The zero-order valence-electron chi connectivity index (χ0n) is 13.6. The van der Waals surface area contributed by atoms with E-state index in [0.29, 0.717) is 0 Å². The number of unbranched alkanes of at least 4 members (excludes halogenated alkanes) is 9. The van der Waals surface area contributed by atoms with Crippen LogP contribution in [0.1, 0.15) is 71.1 Å². The minimum absolute atomic E-state index is 0. The molecule has 1 rings (SSSR count). The molecular weight excluding hydrogens is 328 g/mol. The molecule has 1 N–H and O–H groups in total. The van der Waals surface area contributed by atoms with Gasteiger partial charge in [-0.05, 0) is 12.8 Å². The van der Waals surface area contributed by atoms with Gasteiger partial charge in [0.2, 0.25) is 0 Å². The van der Waals surface area contributed by atoms with Crippen LogP contribution in [0.15, 0.2) is 17.4 Å². The molecule has 0 aliphatic carbocycles. The van der Waals surface area contributed by atoms with Crippen molar-refractivity contribution in [1.82, 2.24) is 0 Å². The molecule has 1 aliphatic heterocycles. The van der Waals surface area contributed by atoms with Crippen molar-refractivity contribution in [2.75, 3.05) is 19.7 Å². The van der Waals surface area contributed by atoms with Crippen molar-refractivity contribution in [1.29, 1.82) is 0 Å². The fourth-order valence-corrected chi connectivity index (χ4v) is 2.84. The number of halogens is 1. The Labute approximate surface area is 141 Å². The van der Waals surface area contributed by atoms with Gasteiger partial charge in [-0.1, -0.05) is 58.3 Å². The van der Waals surface area contributed by atoms with Gasteiger partial charge in [-0.3, -0.25) is 4.48 Å². The predicted molar refractivity (Wildman–Crippen MR) is 86.6 cm³/mol. The summed E-state index contributed by atoms with van der Waals surface area (Å²) in [5.41, 5.74) is 0. The number of hydrogen-bond acceptors (Lipinski definition) is 2. The summed E-state index contributed by atoms with van der Waals surface area (Å²) in [6.07, 6.45) is 19.6. The molecule has 0 aromatic carbocycles. The average molecular weight is 361 g/mol. The minimum atomic E-state index is 0. The van der Waals surface area contributed by atoms with Crippen LogP contribution in [0.3, 0.4) is 0 Å². The number of quaternary nitrogens is 1. The first kappa shape index (κ1) is 20.8. The van der Waals surface area contributed by atoms with E-state index in [1.54, 1.807) is 0 Å². The third-order valence-electron chi connectivity index (χ3n) is 4.19. The van der Waals surface area contributed by atoms with Crippen molar-refractivity contribution in [2.45, 2.75) is 71.1 Å². The maximum absolute atomic E-state index is 9.14. The minimum Gasteiger partial charge on any atom is -1.00 e. The Morgan fingerprint density at radius 3 is 1.90 bits per heavy atom. The molecule has 0 radical (unpaired) electrons. The lowest BCUT2D eigenvalue weighted by atomic mass is 10.1. The van der Waals surface area contributed by atoms with Crippen LogP contribution in [0.2, 0.25) is 0 Å². The average Bonchev–Trinajstić information content (AvgIpc) is 2.90. The Bertz CT molecular complexity index is 281. The molecule has 1 atom stereocenters. The number of rotatable bonds is 13. The first-order valence-corrected chi connectivity index (χ1v) is 8.52. The summed E-state index contributed by atoms with van der Waals surface area (Å²) in [6.45, 7) is 4.34. The molecule has 0 bridgehead atoms.